The lowest BCUT2D eigenvalue weighted by atomic mass is 10.1. The second-order valence-corrected chi connectivity index (χ2v) is 6.57. The highest BCUT2D eigenvalue weighted by Crippen LogP contribution is 2.31. The molecule has 6 nitrogen and oxygen atoms in total. The predicted octanol–water partition coefficient (Wildman–Crippen LogP) is 4.14. The molecule has 0 unspecified atom stereocenters. The average molecular weight is 379 g/mol. The Morgan fingerprint density at radius 3 is 2.70 bits per heavy atom. The second kappa shape index (κ2) is 5.85. The van der Waals surface area contributed by atoms with Gasteiger partial charge in [-0.2, -0.15) is 5.10 Å². The Hall–Kier alpha value is -3.32. The van der Waals surface area contributed by atoms with Gasteiger partial charge in [-0.3, -0.25) is 9.67 Å². The van der Waals surface area contributed by atoms with Gasteiger partial charge >= 0.3 is 0 Å². The van der Waals surface area contributed by atoms with Gasteiger partial charge < -0.3 is 4.40 Å². The first kappa shape index (κ1) is 15.9. The molecule has 1 aromatic carbocycles. The Kier molecular flexibility index (Phi) is 3.45. The summed E-state index contributed by atoms with van der Waals surface area (Å²) in [7, 11) is 1.84. The molecule has 0 saturated heterocycles. The molecule has 0 atom stereocenters. The molecule has 0 aliphatic heterocycles. The minimum atomic E-state index is -0.419. The lowest BCUT2D eigenvalue weighted by Crippen LogP contribution is -1.92. The maximum Gasteiger partial charge on any atom is 0.165 e. The fraction of sp³-hybridized carbons (Fsp3) is 0.0526. The number of imidazole rings is 1. The molecule has 0 saturated carbocycles. The summed E-state index contributed by atoms with van der Waals surface area (Å²) in [5, 5.41) is 4.48. The smallest absolute Gasteiger partial charge is 0.165 e. The second-order valence-electron chi connectivity index (χ2n) is 6.16. The highest BCUT2D eigenvalue weighted by molar-refractivity contribution is 6.33. The molecule has 132 valence electrons. The van der Waals surface area contributed by atoms with Crippen LogP contribution in [0.3, 0.4) is 0 Å². The molecule has 0 amide bonds. The molecule has 5 rings (SSSR count). The van der Waals surface area contributed by atoms with Gasteiger partial charge in [-0.15, -0.1) is 0 Å². The molecule has 0 bridgehead atoms. The minimum absolute atomic E-state index is 0.271. The van der Waals surface area contributed by atoms with Crippen LogP contribution < -0.4 is 0 Å². The molecule has 0 aliphatic carbocycles. The SMILES string of the molecule is Cn1cc(-c2cnc3ccn4cc(-c5c(F)cccc5Cl)nc4c3n2)cn1. The number of halogens is 2. The highest BCUT2D eigenvalue weighted by Gasteiger charge is 2.16. The molecule has 0 spiro atoms. The lowest BCUT2D eigenvalue weighted by Gasteiger charge is -2.02. The molecule has 27 heavy (non-hydrogen) atoms. The van der Waals surface area contributed by atoms with Gasteiger partial charge in [0.25, 0.3) is 0 Å². The zero-order valence-corrected chi connectivity index (χ0v) is 14.9. The first-order chi connectivity index (χ1) is 13.1. The summed E-state index contributed by atoms with van der Waals surface area (Å²) in [4.78, 5) is 13.8. The van der Waals surface area contributed by atoms with Gasteiger partial charge in [-0.1, -0.05) is 17.7 Å². The quantitative estimate of drug-likeness (QED) is 0.463. The van der Waals surface area contributed by atoms with Crippen LogP contribution in [0.4, 0.5) is 4.39 Å². The fourth-order valence-electron chi connectivity index (χ4n) is 3.07. The summed E-state index contributed by atoms with van der Waals surface area (Å²) < 4.78 is 17.8. The van der Waals surface area contributed by atoms with Crippen LogP contribution in [0.5, 0.6) is 0 Å². The van der Waals surface area contributed by atoms with Crippen LogP contribution in [0, 0.1) is 5.82 Å². The Balaban J connectivity index is 1.75. The number of hydrogen-bond donors (Lipinski definition) is 0. The number of fused-ring (bicyclic) bond motifs is 3. The van der Waals surface area contributed by atoms with Gasteiger partial charge in [0.1, 0.15) is 11.3 Å². The van der Waals surface area contributed by atoms with E-state index in [9.17, 15) is 4.39 Å². The molecule has 0 fully saturated rings. The van der Waals surface area contributed by atoms with E-state index in [1.54, 1.807) is 39.8 Å². The van der Waals surface area contributed by atoms with E-state index in [1.807, 2.05) is 25.5 Å². The van der Waals surface area contributed by atoms with Gasteiger partial charge in [0.15, 0.2) is 5.65 Å². The van der Waals surface area contributed by atoms with E-state index in [0.717, 1.165) is 5.56 Å². The lowest BCUT2D eigenvalue weighted by molar-refractivity contribution is 0.631. The van der Waals surface area contributed by atoms with Gasteiger partial charge in [0.05, 0.1) is 39.9 Å². The van der Waals surface area contributed by atoms with Gasteiger partial charge in [0, 0.05) is 31.2 Å². The molecule has 0 N–H and O–H groups in total. The molecule has 4 heterocycles. The van der Waals surface area contributed by atoms with E-state index in [1.165, 1.54) is 6.07 Å². The van der Waals surface area contributed by atoms with E-state index < -0.39 is 5.82 Å². The normalized spacial score (nSPS) is 11.5. The highest BCUT2D eigenvalue weighted by atomic mass is 35.5. The van der Waals surface area contributed by atoms with Crippen molar-refractivity contribution in [3.63, 3.8) is 0 Å². The van der Waals surface area contributed by atoms with E-state index >= 15 is 0 Å². The molecule has 0 aliphatic rings. The summed E-state index contributed by atoms with van der Waals surface area (Å²) in [6.07, 6.45) is 8.85. The van der Waals surface area contributed by atoms with Crippen molar-refractivity contribution in [1.29, 1.82) is 0 Å². The fourth-order valence-corrected chi connectivity index (χ4v) is 3.33. The largest absolute Gasteiger partial charge is 0.305 e. The zero-order chi connectivity index (χ0) is 18.5. The average Bonchev–Trinajstić information content (AvgIpc) is 3.27. The van der Waals surface area contributed by atoms with Crippen LogP contribution in [0.1, 0.15) is 0 Å². The standard InChI is InChI=1S/C19H12ClFN6/c1-26-9-11(7-23-26)15-8-22-14-5-6-27-10-16(25-19(27)18(14)24-15)17-12(20)3-2-4-13(17)21/h2-10H,1H3. The number of aromatic nitrogens is 6. The number of benzene rings is 1. The molecular formula is C19H12ClFN6. The van der Waals surface area contributed by atoms with Crippen LogP contribution in [0.15, 0.2) is 55.2 Å². The van der Waals surface area contributed by atoms with E-state index in [2.05, 4.69) is 15.1 Å². The van der Waals surface area contributed by atoms with E-state index in [0.29, 0.717) is 33.1 Å². The van der Waals surface area contributed by atoms with E-state index in [-0.39, 0.29) is 5.56 Å². The third kappa shape index (κ3) is 2.55. The van der Waals surface area contributed by atoms with Crippen LogP contribution in [0.2, 0.25) is 5.02 Å². The van der Waals surface area contributed by atoms with Crippen molar-refractivity contribution in [3.8, 4) is 22.5 Å². The number of aryl methyl sites for hydroxylation is 1. The van der Waals surface area contributed by atoms with Crippen molar-refractivity contribution in [2.24, 2.45) is 7.05 Å². The summed E-state index contributed by atoms with van der Waals surface area (Å²) in [6, 6.07) is 6.42. The van der Waals surface area contributed by atoms with Gasteiger partial charge in [0.2, 0.25) is 0 Å². The molecule has 4 aromatic heterocycles. The van der Waals surface area contributed by atoms with Crippen molar-refractivity contribution >= 4 is 28.3 Å². The molecule has 0 radical (unpaired) electrons. The Morgan fingerprint density at radius 2 is 1.93 bits per heavy atom. The number of pyridine rings is 1. The first-order valence-corrected chi connectivity index (χ1v) is 8.56. The first-order valence-electron chi connectivity index (χ1n) is 8.18. The summed E-state index contributed by atoms with van der Waals surface area (Å²) >= 11 is 6.19. The molecule has 8 heteroatoms. The Bertz CT molecular complexity index is 1300. The number of nitrogens with zero attached hydrogens (tertiary/aromatic N) is 6. The maximum absolute atomic E-state index is 14.3. The van der Waals surface area contributed by atoms with Crippen molar-refractivity contribution < 1.29 is 4.39 Å². The predicted molar refractivity (Wildman–Crippen MR) is 101 cm³/mol. The van der Waals surface area contributed by atoms with Crippen LogP contribution in [-0.4, -0.2) is 29.1 Å². The topological polar surface area (TPSA) is 60.9 Å². The van der Waals surface area contributed by atoms with Crippen molar-refractivity contribution in [2.45, 2.75) is 0 Å². The summed E-state index contributed by atoms with van der Waals surface area (Å²) in [5.41, 5.74) is 4.17. The number of hydrogen-bond acceptors (Lipinski definition) is 4. The summed E-state index contributed by atoms with van der Waals surface area (Å²) in [6.45, 7) is 0. The van der Waals surface area contributed by atoms with E-state index in [4.69, 9.17) is 16.6 Å². The van der Waals surface area contributed by atoms with Gasteiger partial charge in [-0.05, 0) is 18.2 Å². The Morgan fingerprint density at radius 1 is 1.04 bits per heavy atom. The summed E-state index contributed by atoms with van der Waals surface area (Å²) in [5.74, 6) is -0.419. The van der Waals surface area contributed by atoms with Crippen LogP contribution in [0.25, 0.3) is 39.2 Å². The monoisotopic (exact) mass is 378 g/mol. The van der Waals surface area contributed by atoms with Crippen LogP contribution >= 0.6 is 11.6 Å². The van der Waals surface area contributed by atoms with Crippen molar-refractivity contribution in [3.05, 3.63) is 66.1 Å². The third-order valence-corrected chi connectivity index (χ3v) is 4.67. The van der Waals surface area contributed by atoms with Crippen molar-refractivity contribution in [1.82, 2.24) is 29.1 Å². The Labute approximate surface area is 157 Å². The third-order valence-electron chi connectivity index (χ3n) is 4.36. The minimum Gasteiger partial charge on any atom is -0.305 e. The maximum atomic E-state index is 14.3. The number of rotatable bonds is 2. The van der Waals surface area contributed by atoms with Crippen molar-refractivity contribution in [2.75, 3.05) is 0 Å². The molecule has 5 aromatic rings. The van der Waals surface area contributed by atoms with Crippen LogP contribution in [-0.2, 0) is 7.05 Å². The van der Waals surface area contributed by atoms with Gasteiger partial charge in [-0.25, -0.2) is 14.4 Å². The zero-order valence-electron chi connectivity index (χ0n) is 14.1. The molecular weight excluding hydrogens is 367 g/mol.